The lowest BCUT2D eigenvalue weighted by Gasteiger charge is -2.11. The molecule has 20 heavy (non-hydrogen) atoms. The van der Waals surface area contributed by atoms with Crippen LogP contribution in [0.3, 0.4) is 0 Å². The van der Waals surface area contributed by atoms with Gasteiger partial charge in [0.15, 0.2) is 0 Å². The molecule has 5 nitrogen and oxygen atoms in total. The average molecular weight is 340 g/mol. The van der Waals surface area contributed by atoms with Crippen LogP contribution < -0.4 is 16.4 Å². The summed E-state index contributed by atoms with van der Waals surface area (Å²) in [6, 6.07) is 6.41. The Morgan fingerprint density at radius 3 is 2.75 bits per heavy atom. The molecule has 1 heterocycles. The smallest absolute Gasteiger partial charge is 0.223 e. The summed E-state index contributed by atoms with van der Waals surface area (Å²) in [6.07, 6.45) is 0.964. The molecule has 0 unspecified atom stereocenters. The minimum absolute atomic E-state index is 0.126. The van der Waals surface area contributed by atoms with Gasteiger partial charge in [-0.3, -0.25) is 0 Å². The first-order valence-corrected chi connectivity index (χ1v) is 6.99. The number of nitrogens with two attached hydrogens (primary N) is 1. The first-order chi connectivity index (χ1) is 9.60. The maximum absolute atomic E-state index is 13.8. The van der Waals surface area contributed by atoms with Gasteiger partial charge in [-0.25, -0.2) is 4.39 Å². The molecule has 1 aromatic carbocycles. The van der Waals surface area contributed by atoms with Crippen molar-refractivity contribution in [2.24, 2.45) is 0 Å². The van der Waals surface area contributed by atoms with Gasteiger partial charge in [0.1, 0.15) is 17.5 Å². The van der Waals surface area contributed by atoms with Crippen molar-refractivity contribution in [2.45, 2.75) is 13.3 Å². The third-order valence-electron chi connectivity index (χ3n) is 2.52. The first kappa shape index (κ1) is 14.5. The number of aromatic nitrogens is 2. The maximum atomic E-state index is 13.8. The summed E-state index contributed by atoms with van der Waals surface area (Å²) in [5, 5.41) is 6.02. The van der Waals surface area contributed by atoms with Gasteiger partial charge < -0.3 is 16.4 Å². The molecule has 7 heteroatoms. The van der Waals surface area contributed by atoms with Gasteiger partial charge in [0.25, 0.3) is 0 Å². The molecule has 0 aliphatic carbocycles. The quantitative estimate of drug-likeness (QED) is 0.776. The summed E-state index contributed by atoms with van der Waals surface area (Å²) >= 11 is 3.29. The van der Waals surface area contributed by atoms with Crippen molar-refractivity contribution in [1.82, 2.24) is 9.97 Å². The van der Waals surface area contributed by atoms with E-state index in [1.165, 1.54) is 6.07 Å². The molecule has 0 saturated heterocycles. The summed E-state index contributed by atoms with van der Waals surface area (Å²) in [7, 11) is 0. The number of nitrogen functional groups attached to an aromatic ring is 1. The molecule has 0 spiro atoms. The lowest BCUT2D eigenvalue weighted by atomic mass is 10.3. The molecule has 1 aromatic heterocycles. The first-order valence-electron chi connectivity index (χ1n) is 6.19. The summed E-state index contributed by atoms with van der Waals surface area (Å²) in [5.74, 6) is 0.789. The van der Waals surface area contributed by atoms with Gasteiger partial charge in [0.2, 0.25) is 5.95 Å². The highest BCUT2D eigenvalue weighted by molar-refractivity contribution is 9.10. The van der Waals surface area contributed by atoms with Crippen LogP contribution in [0.5, 0.6) is 0 Å². The van der Waals surface area contributed by atoms with E-state index in [0.717, 1.165) is 13.0 Å². The van der Waals surface area contributed by atoms with Crippen LogP contribution in [0.2, 0.25) is 0 Å². The van der Waals surface area contributed by atoms with Crippen LogP contribution in [0.25, 0.3) is 0 Å². The van der Waals surface area contributed by atoms with Crippen molar-refractivity contribution in [3.63, 3.8) is 0 Å². The number of anilines is 4. The van der Waals surface area contributed by atoms with Gasteiger partial charge in [-0.1, -0.05) is 13.0 Å². The monoisotopic (exact) mass is 339 g/mol. The largest absolute Gasteiger partial charge is 0.370 e. The van der Waals surface area contributed by atoms with Crippen molar-refractivity contribution in [3.05, 3.63) is 34.6 Å². The van der Waals surface area contributed by atoms with E-state index >= 15 is 0 Å². The number of hydrogen-bond acceptors (Lipinski definition) is 5. The number of para-hydroxylation sites is 1. The standard InChI is InChI=1S/C13H15BrFN5/c1-2-6-17-10-7-11(20-13(16)19-10)18-12-8(14)4-3-5-9(12)15/h3-5,7H,2,6H2,1H3,(H4,16,17,18,19,20). The number of rotatable bonds is 5. The highest BCUT2D eigenvalue weighted by atomic mass is 79.9. The highest BCUT2D eigenvalue weighted by Gasteiger charge is 2.09. The third-order valence-corrected chi connectivity index (χ3v) is 3.18. The van der Waals surface area contributed by atoms with Gasteiger partial charge in [0, 0.05) is 17.1 Å². The molecule has 0 bridgehead atoms. The van der Waals surface area contributed by atoms with E-state index in [2.05, 4.69) is 36.5 Å². The van der Waals surface area contributed by atoms with Gasteiger partial charge >= 0.3 is 0 Å². The normalized spacial score (nSPS) is 10.3. The van der Waals surface area contributed by atoms with E-state index in [1.54, 1.807) is 18.2 Å². The van der Waals surface area contributed by atoms with Crippen molar-refractivity contribution >= 4 is 39.2 Å². The Bertz CT molecular complexity index is 585. The Morgan fingerprint density at radius 1 is 1.30 bits per heavy atom. The molecule has 0 atom stereocenters. The summed E-state index contributed by atoms with van der Waals surface area (Å²) in [4.78, 5) is 8.12. The van der Waals surface area contributed by atoms with Crippen molar-refractivity contribution in [1.29, 1.82) is 0 Å². The van der Waals surface area contributed by atoms with Crippen LogP contribution in [-0.2, 0) is 0 Å². The average Bonchev–Trinajstić information content (AvgIpc) is 2.40. The van der Waals surface area contributed by atoms with Crippen molar-refractivity contribution < 1.29 is 4.39 Å². The van der Waals surface area contributed by atoms with Gasteiger partial charge in [-0.15, -0.1) is 0 Å². The van der Waals surface area contributed by atoms with Crippen LogP contribution in [0, 0.1) is 5.82 Å². The molecular weight excluding hydrogens is 325 g/mol. The predicted octanol–water partition coefficient (Wildman–Crippen LogP) is 3.53. The molecular formula is C13H15BrFN5. The highest BCUT2D eigenvalue weighted by Crippen LogP contribution is 2.28. The molecule has 0 aliphatic rings. The van der Waals surface area contributed by atoms with E-state index in [9.17, 15) is 4.39 Å². The van der Waals surface area contributed by atoms with E-state index in [4.69, 9.17) is 5.73 Å². The predicted molar refractivity (Wildman–Crippen MR) is 82.6 cm³/mol. The summed E-state index contributed by atoms with van der Waals surface area (Å²) in [5.41, 5.74) is 5.97. The van der Waals surface area contributed by atoms with E-state index in [-0.39, 0.29) is 11.8 Å². The molecule has 4 N–H and O–H groups in total. The molecule has 2 aromatic rings. The van der Waals surface area contributed by atoms with Crippen LogP contribution in [-0.4, -0.2) is 16.5 Å². The Labute approximate surface area is 124 Å². The Morgan fingerprint density at radius 2 is 2.05 bits per heavy atom. The maximum Gasteiger partial charge on any atom is 0.223 e. The second-order valence-electron chi connectivity index (χ2n) is 4.15. The third kappa shape index (κ3) is 3.57. The van der Waals surface area contributed by atoms with Gasteiger partial charge in [-0.05, 0) is 34.5 Å². The molecule has 2 rings (SSSR count). The topological polar surface area (TPSA) is 75.9 Å². The zero-order chi connectivity index (χ0) is 14.5. The number of hydrogen-bond donors (Lipinski definition) is 3. The SMILES string of the molecule is CCCNc1cc(Nc2c(F)cccc2Br)nc(N)n1. The Kier molecular flexibility index (Phi) is 4.73. The molecule has 0 aliphatic heterocycles. The molecule has 106 valence electrons. The molecule has 0 fully saturated rings. The summed E-state index contributed by atoms with van der Waals surface area (Å²) in [6.45, 7) is 2.83. The molecule has 0 saturated carbocycles. The van der Waals surface area contributed by atoms with E-state index in [0.29, 0.717) is 21.8 Å². The minimum Gasteiger partial charge on any atom is -0.370 e. The fraction of sp³-hybridized carbons (Fsp3) is 0.231. The zero-order valence-corrected chi connectivity index (χ0v) is 12.5. The Balaban J connectivity index is 2.27. The number of halogens is 2. The van der Waals surface area contributed by atoms with Crippen LogP contribution in [0.1, 0.15) is 13.3 Å². The number of benzene rings is 1. The van der Waals surface area contributed by atoms with Gasteiger partial charge in [-0.2, -0.15) is 9.97 Å². The number of nitrogens with one attached hydrogen (secondary N) is 2. The molecule has 0 amide bonds. The fourth-order valence-electron chi connectivity index (χ4n) is 1.62. The fourth-order valence-corrected chi connectivity index (χ4v) is 2.06. The van der Waals surface area contributed by atoms with Crippen LogP contribution >= 0.6 is 15.9 Å². The van der Waals surface area contributed by atoms with E-state index in [1.807, 2.05) is 6.92 Å². The van der Waals surface area contributed by atoms with Crippen molar-refractivity contribution in [2.75, 3.05) is 22.9 Å². The molecule has 0 radical (unpaired) electrons. The van der Waals surface area contributed by atoms with Crippen LogP contribution in [0.15, 0.2) is 28.7 Å². The number of nitrogens with zero attached hydrogens (tertiary/aromatic N) is 2. The second kappa shape index (κ2) is 6.51. The zero-order valence-electron chi connectivity index (χ0n) is 11.0. The van der Waals surface area contributed by atoms with Crippen LogP contribution in [0.4, 0.5) is 27.7 Å². The summed E-state index contributed by atoms with van der Waals surface area (Å²) < 4.78 is 14.4. The Hall–Kier alpha value is -1.89. The minimum atomic E-state index is -0.375. The lowest BCUT2D eigenvalue weighted by Crippen LogP contribution is -2.07. The van der Waals surface area contributed by atoms with Crippen molar-refractivity contribution in [3.8, 4) is 0 Å². The lowest BCUT2D eigenvalue weighted by molar-refractivity contribution is 0.631. The van der Waals surface area contributed by atoms with E-state index < -0.39 is 0 Å². The van der Waals surface area contributed by atoms with Gasteiger partial charge in [0.05, 0.1) is 5.69 Å². The second-order valence-corrected chi connectivity index (χ2v) is 5.00.